The highest BCUT2D eigenvalue weighted by Gasteiger charge is 2.17. The molecule has 0 aliphatic carbocycles. The molecule has 0 radical (unpaired) electrons. The van der Waals surface area contributed by atoms with E-state index in [4.69, 9.17) is 4.98 Å². The highest BCUT2D eigenvalue weighted by atomic mass is 16.3. The first-order chi connectivity index (χ1) is 16.2. The molecule has 160 valence electrons. The molecule has 0 spiro atoms. The summed E-state index contributed by atoms with van der Waals surface area (Å²) in [6.07, 6.45) is 4.10. The molecule has 0 unspecified atom stereocenters. The Hall–Kier alpha value is -4.31. The summed E-state index contributed by atoms with van der Waals surface area (Å²) in [6.45, 7) is 1.48. The third kappa shape index (κ3) is 3.66. The third-order valence-corrected chi connectivity index (χ3v) is 6.22. The second-order valence-electron chi connectivity index (χ2n) is 8.39. The molecule has 6 rings (SSSR count). The number of nitrogens with zero attached hydrogens (tertiary/aromatic N) is 3. The molecular formula is C29H23N3O. The normalized spacial score (nSPS) is 13.3. The highest BCUT2D eigenvalue weighted by Crippen LogP contribution is 2.31. The summed E-state index contributed by atoms with van der Waals surface area (Å²) in [5.74, 6) is 0.293. The van der Waals surface area contributed by atoms with Crippen molar-refractivity contribution in [2.45, 2.75) is 6.54 Å². The number of phenols is 1. The van der Waals surface area contributed by atoms with Crippen LogP contribution in [0.2, 0.25) is 0 Å². The van der Waals surface area contributed by atoms with Gasteiger partial charge in [-0.25, -0.2) is 4.98 Å². The molecule has 1 aliphatic heterocycles. The van der Waals surface area contributed by atoms with E-state index >= 15 is 0 Å². The van der Waals surface area contributed by atoms with Crippen molar-refractivity contribution in [3.8, 4) is 17.0 Å². The molecule has 1 aliphatic rings. The number of para-hydroxylation sites is 3. The summed E-state index contributed by atoms with van der Waals surface area (Å²) in [7, 11) is 0. The molecule has 33 heavy (non-hydrogen) atoms. The molecule has 4 aromatic carbocycles. The maximum atomic E-state index is 10.2. The lowest BCUT2D eigenvalue weighted by molar-refractivity contribution is 0.399. The van der Waals surface area contributed by atoms with E-state index in [9.17, 15) is 5.11 Å². The van der Waals surface area contributed by atoms with Gasteiger partial charge in [0.1, 0.15) is 5.75 Å². The topological polar surface area (TPSA) is 39.6 Å². The number of rotatable bonds is 4. The van der Waals surface area contributed by atoms with E-state index in [-0.39, 0.29) is 0 Å². The Bertz CT molecular complexity index is 1510. The molecule has 1 aromatic heterocycles. The Labute approximate surface area is 192 Å². The monoisotopic (exact) mass is 429 g/mol. The Kier molecular flexibility index (Phi) is 4.69. The van der Waals surface area contributed by atoms with Crippen LogP contribution in [0, 0.1) is 0 Å². The van der Waals surface area contributed by atoms with E-state index in [0.29, 0.717) is 12.4 Å². The predicted molar refractivity (Wildman–Crippen MR) is 135 cm³/mol. The van der Waals surface area contributed by atoms with Crippen LogP contribution in [0.15, 0.2) is 109 Å². The van der Waals surface area contributed by atoms with Gasteiger partial charge in [-0.15, -0.1) is 0 Å². The van der Waals surface area contributed by atoms with Crippen LogP contribution in [0.4, 0.5) is 5.69 Å². The van der Waals surface area contributed by atoms with Gasteiger partial charge in [-0.2, -0.15) is 0 Å². The maximum Gasteiger partial charge on any atom is 0.139 e. The summed E-state index contributed by atoms with van der Waals surface area (Å²) in [6, 6.07) is 32.9. The summed E-state index contributed by atoms with van der Waals surface area (Å²) < 4.78 is 0. The first kappa shape index (κ1) is 19.4. The summed E-state index contributed by atoms with van der Waals surface area (Å²) in [4.78, 5) is 9.20. The van der Waals surface area contributed by atoms with Crippen LogP contribution in [-0.2, 0) is 6.54 Å². The lowest BCUT2D eigenvalue weighted by Crippen LogP contribution is -2.24. The van der Waals surface area contributed by atoms with E-state index in [2.05, 4.69) is 76.7 Å². The minimum absolute atomic E-state index is 0.293. The zero-order valence-corrected chi connectivity index (χ0v) is 18.1. The Morgan fingerprint density at radius 3 is 2.52 bits per heavy atom. The second-order valence-corrected chi connectivity index (χ2v) is 8.39. The number of aromatic hydroxyl groups is 1. The van der Waals surface area contributed by atoms with Gasteiger partial charge in [0.05, 0.1) is 23.6 Å². The molecule has 0 atom stereocenters. The quantitative estimate of drug-likeness (QED) is 0.353. The average Bonchev–Trinajstić information content (AvgIpc) is 3.32. The molecule has 0 saturated carbocycles. The average molecular weight is 430 g/mol. The molecule has 0 amide bonds. The fourth-order valence-corrected chi connectivity index (χ4v) is 4.51. The molecule has 1 N–H and O–H groups in total. The van der Waals surface area contributed by atoms with E-state index in [1.54, 1.807) is 6.07 Å². The number of pyridine rings is 1. The van der Waals surface area contributed by atoms with Crippen LogP contribution >= 0.6 is 0 Å². The number of hydrogen-bond donors (Lipinski definition) is 1. The van der Waals surface area contributed by atoms with Crippen molar-refractivity contribution in [2.75, 3.05) is 11.6 Å². The van der Waals surface area contributed by atoms with Crippen molar-refractivity contribution in [1.29, 1.82) is 0 Å². The minimum atomic E-state index is 0.293. The Morgan fingerprint density at radius 1 is 0.758 bits per heavy atom. The van der Waals surface area contributed by atoms with Crippen LogP contribution in [0.25, 0.3) is 32.9 Å². The van der Waals surface area contributed by atoms with Gasteiger partial charge < -0.3 is 14.9 Å². The van der Waals surface area contributed by atoms with Gasteiger partial charge in [-0.1, -0.05) is 66.7 Å². The molecule has 0 bridgehead atoms. The van der Waals surface area contributed by atoms with Crippen LogP contribution in [-0.4, -0.2) is 21.7 Å². The lowest BCUT2D eigenvalue weighted by Gasteiger charge is -2.22. The SMILES string of the molecule is Oc1ccccc1N1C=CN(Cc2cccc3ccc(-c4ccc5ccccc5n4)cc23)C1. The summed E-state index contributed by atoms with van der Waals surface area (Å²) in [5, 5.41) is 13.8. The number of phenolic OH excluding ortho intramolecular Hbond substituents is 1. The van der Waals surface area contributed by atoms with Crippen molar-refractivity contribution < 1.29 is 5.11 Å². The second kappa shape index (κ2) is 7.99. The number of benzene rings is 4. The zero-order chi connectivity index (χ0) is 22.2. The van der Waals surface area contributed by atoms with Crippen molar-refractivity contribution in [3.05, 3.63) is 115 Å². The number of fused-ring (bicyclic) bond motifs is 2. The van der Waals surface area contributed by atoms with Crippen LogP contribution in [0.3, 0.4) is 0 Å². The molecular weight excluding hydrogens is 406 g/mol. The Balaban J connectivity index is 1.31. The predicted octanol–water partition coefficient (Wildman–Crippen LogP) is 6.51. The van der Waals surface area contributed by atoms with Crippen molar-refractivity contribution in [1.82, 2.24) is 9.88 Å². The molecule has 5 aromatic rings. The fourth-order valence-electron chi connectivity index (χ4n) is 4.51. The van der Waals surface area contributed by atoms with E-state index in [1.165, 1.54) is 16.3 Å². The molecule has 2 heterocycles. The van der Waals surface area contributed by atoms with Gasteiger partial charge in [-0.3, -0.25) is 0 Å². The third-order valence-electron chi connectivity index (χ3n) is 6.22. The summed E-state index contributed by atoms with van der Waals surface area (Å²) in [5.41, 5.74) is 5.19. The smallest absolute Gasteiger partial charge is 0.139 e. The standard InChI is InChI=1S/C29H23N3O/c33-29-11-4-3-10-28(29)32-17-16-31(20-32)19-24-8-5-7-21-12-13-23(18-25(21)24)27-15-14-22-6-1-2-9-26(22)30-27/h1-18,33H,19-20H2. The van der Waals surface area contributed by atoms with Crippen LogP contribution in [0.1, 0.15) is 5.56 Å². The number of hydrogen-bond acceptors (Lipinski definition) is 4. The van der Waals surface area contributed by atoms with Crippen molar-refractivity contribution >= 4 is 27.4 Å². The molecule has 0 fully saturated rings. The van der Waals surface area contributed by atoms with Crippen LogP contribution < -0.4 is 4.90 Å². The van der Waals surface area contributed by atoms with Crippen molar-refractivity contribution in [3.63, 3.8) is 0 Å². The molecule has 4 heteroatoms. The van der Waals surface area contributed by atoms with Crippen molar-refractivity contribution in [2.24, 2.45) is 0 Å². The van der Waals surface area contributed by atoms with Gasteiger partial charge in [0, 0.05) is 29.9 Å². The maximum absolute atomic E-state index is 10.2. The van der Waals surface area contributed by atoms with Gasteiger partial charge in [0.2, 0.25) is 0 Å². The summed E-state index contributed by atoms with van der Waals surface area (Å²) >= 11 is 0. The minimum Gasteiger partial charge on any atom is -0.506 e. The van der Waals surface area contributed by atoms with E-state index < -0.39 is 0 Å². The Morgan fingerprint density at radius 2 is 1.58 bits per heavy atom. The number of aromatic nitrogens is 1. The van der Waals surface area contributed by atoms with Gasteiger partial charge in [0.25, 0.3) is 0 Å². The first-order valence-electron chi connectivity index (χ1n) is 11.1. The fraction of sp³-hybridized carbons (Fsp3) is 0.0690. The molecule has 4 nitrogen and oxygen atoms in total. The molecule has 0 saturated heterocycles. The van der Waals surface area contributed by atoms with Crippen LogP contribution in [0.5, 0.6) is 5.75 Å². The highest BCUT2D eigenvalue weighted by molar-refractivity contribution is 5.90. The van der Waals surface area contributed by atoms with Gasteiger partial charge in [0.15, 0.2) is 0 Å². The van der Waals surface area contributed by atoms with Gasteiger partial charge in [-0.05, 0) is 46.7 Å². The first-order valence-corrected chi connectivity index (χ1v) is 11.1. The zero-order valence-electron chi connectivity index (χ0n) is 18.1. The largest absolute Gasteiger partial charge is 0.506 e. The number of anilines is 1. The van der Waals surface area contributed by atoms with E-state index in [1.807, 2.05) is 36.5 Å². The van der Waals surface area contributed by atoms with Gasteiger partial charge >= 0.3 is 0 Å². The lowest BCUT2D eigenvalue weighted by atomic mass is 9.99. The van der Waals surface area contributed by atoms with E-state index in [0.717, 1.165) is 34.4 Å².